The highest BCUT2D eigenvalue weighted by molar-refractivity contribution is 8.13. The molecular formula is C12H13ClFNO3S. The summed E-state index contributed by atoms with van der Waals surface area (Å²) in [5.74, 6) is -1.27. The number of rotatable bonds is 3. The summed E-state index contributed by atoms with van der Waals surface area (Å²) in [6.07, 6.45) is 2.83. The molecule has 0 spiro atoms. The maximum absolute atomic E-state index is 13.4. The van der Waals surface area contributed by atoms with E-state index < -0.39 is 20.8 Å². The Hall–Kier alpha value is -1.14. The van der Waals surface area contributed by atoms with Gasteiger partial charge in [-0.2, -0.15) is 0 Å². The molecule has 19 heavy (non-hydrogen) atoms. The quantitative estimate of drug-likeness (QED) is 0.872. The number of hydrogen-bond acceptors (Lipinski definition) is 3. The van der Waals surface area contributed by atoms with Crippen LogP contribution in [0.3, 0.4) is 0 Å². The molecule has 1 saturated carbocycles. The van der Waals surface area contributed by atoms with E-state index in [0.717, 1.165) is 31.4 Å². The molecule has 0 heterocycles. The van der Waals surface area contributed by atoms with E-state index >= 15 is 0 Å². The summed E-state index contributed by atoms with van der Waals surface area (Å²) in [5.41, 5.74) is 0.166. The van der Waals surface area contributed by atoms with Crippen LogP contribution in [0.25, 0.3) is 0 Å². The van der Waals surface area contributed by atoms with Crippen molar-refractivity contribution in [1.82, 2.24) is 5.32 Å². The van der Waals surface area contributed by atoms with Gasteiger partial charge in [-0.05, 0) is 43.9 Å². The predicted molar refractivity (Wildman–Crippen MR) is 69.3 cm³/mol. The van der Waals surface area contributed by atoms with Gasteiger partial charge in [0.2, 0.25) is 0 Å². The van der Waals surface area contributed by atoms with Gasteiger partial charge in [0.15, 0.2) is 0 Å². The zero-order valence-corrected chi connectivity index (χ0v) is 11.8. The fourth-order valence-corrected chi connectivity index (χ4v) is 3.17. The van der Waals surface area contributed by atoms with E-state index in [9.17, 15) is 17.6 Å². The normalized spacial score (nSPS) is 15.9. The fourth-order valence-electron chi connectivity index (χ4n) is 1.96. The molecule has 104 valence electrons. The van der Waals surface area contributed by atoms with E-state index in [4.69, 9.17) is 10.7 Å². The first-order valence-corrected chi connectivity index (χ1v) is 8.15. The van der Waals surface area contributed by atoms with Crippen molar-refractivity contribution in [2.45, 2.75) is 37.1 Å². The number of hydrogen-bond donors (Lipinski definition) is 1. The van der Waals surface area contributed by atoms with E-state index in [1.54, 1.807) is 0 Å². The highest BCUT2D eigenvalue weighted by Gasteiger charge is 2.24. The number of carbonyl (C=O) groups is 1. The lowest BCUT2D eigenvalue weighted by atomic mass is 9.92. The monoisotopic (exact) mass is 305 g/mol. The molecule has 0 atom stereocenters. The second-order valence-electron chi connectivity index (χ2n) is 4.62. The van der Waals surface area contributed by atoms with Crippen molar-refractivity contribution in [2.75, 3.05) is 0 Å². The van der Waals surface area contributed by atoms with Crippen LogP contribution in [0.5, 0.6) is 0 Å². The molecule has 4 nitrogen and oxygen atoms in total. The Morgan fingerprint density at radius 3 is 2.53 bits per heavy atom. The van der Waals surface area contributed by atoms with Gasteiger partial charge in [-0.1, -0.05) is 0 Å². The summed E-state index contributed by atoms with van der Waals surface area (Å²) in [5, 5.41) is 2.74. The first-order valence-electron chi connectivity index (χ1n) is 5.84. The third-order valence-corrected chi connectivity index (χ3v) is 4.72. The van der Waals surface area contributed by atoms with E-state index in [1.807, 2.05) is 0 Å². The first-order chi connectivity index (χ1) is 8.79. The molecule has 1 aliphatic rings. The number of carbonyl (C=O) groups excluding carboxylic acids is 1. The Bertz CT molecular complexity index is 626. The van der Waals surface area contributed by atoms with Gasteiger partial charge in [0.05, 0.1) is 4.90 Å². The number of nitrogens with one attached hydrogen (secondary N) is 1. The van der Waals surface area contributed by atoms with Gasteiger partial charge in [0, 0.05) is 22.3 Å². The lowest BCUT2D eigenvalue weighted by Crippen LogP contribution is -2.39. The lowest BCUT2D eigenvalue weighted by molar-refractivity contribution is 0.0915. The van der Waals surface area contributed by atoms with Crippen LogP contribution in [0.2, 0.25) is 0 Å². The highest BCUT2D eigenvalue weighted by atomic mass is 35.7. The standard InChI is InChI=1S/C12H13ClFNO3S/c1-7-10(12(16)15-9-3-2-4-9)5-8(14)6-11(7)19(13,17)18/h5-6,9H,2-4H2,1H3,(H,15,16). The molecule has 1 N–H and O–H groups in total. The van der Waals surface area contributed by atoms with Crippen molar-refractivity contribution in [3.05, 3.63) is 29.1 Å². The van der Waals surface area contributed by atoms with Gasteiger partial charge < -0.3 is 5.32 Å². The summed E-state index contributed by atoms with van der Waals surface area (Å²) in [6.45, 7) is 1.43. The molecule has 0 bridgehead atoms. The van der Waals surface area contributed by atoms with E-state index in [1.165, 1.54) is 6.92 Å². The third kappa shape index (κ3) is 3.06. The molecule has 2 rings (SSSR count). The Balaban J connectivity index is 2.39. The van der Waals surface area contributed by atoms with Gasteiger partial charge in [-0.15, -0.1) is 0 Å². The second kappa shape index (κ2) is 5.09. The minimum atomic E-state index is -4.08. The zero-order valence-electron chi connectivity index (χ0n) is 10.2. The largest absolute Gasteiger partial charge is 0.349 e. The van der Waals surface area contributed by atoms with Crippen LogP contribution in [0.15, 0.2) is 17.0 Å². The summed E-state index contributed by atoms with van der Waals surface area (Å²) in [6, 6.07) is 1.93. The van der Waals surface area contributed by atoms with Crippen molar-refractivity contribution in [3.63, 3.8) is 0 Å². The summed E-state index contributed by atoms with van der Waals surface area (Å²) in [4.78, 5) is 11.6. The molecule has 1 fully saturated rings. The molecule has 1 aromatic rings. The molecule has 1 aliphatic carbocycles. The first kappa shape index (κ1) is 14.3. The van der Waals surface area contributed by atoms with Crippen molar-refractivity contribution in [2.24, 2.45) is 0 Å². The van der Waals surface area contributed by atoms with Crippen molar-refractivity contribution >= 4 is 25.6 Å². The minimum Gasteiger partial charge on any atom is -0.349 e. The molecule has 7 heteroatoms. The fraction of sp³-hybridized carbons (Fsp3) is 0.417. The van der Waals surface area contributed by atoms with Crippen molar-refractivity contribution in [1.29, 1.82) is 0 Å². The maximum atomic E-state index is 13.4. The van der Waals surface area contributed by atoms with Crippen LogP contribution in [-0.2, 0) is 9.05 Å². The Morgan fingerprint density at radius 1 is 1.42 bits per heavy atom. The molecule has 0 radical (unpaired) electrons. The van der Waals surface area contributed by atoms with Crippen LogP contribution < -0.4 is 5.32 Å². The number of amides is 1. The van der Waals surface area contributed by atoms with Crippen LogP contribution in [0.1, 0.15) is 35.2 Å². The highest BCUT2D eigenvalue weighted by Crippen LogP contribution is 2.25. The Kier molecular flexibility index (Phi) is 3.82. The molecule has 0 aromatic heterocycles. The maximum Gasteiger partial charge on any atom is 0.261 e. The molecule has 0 unspecified atom stereocenters. The topological polar surface area (TPSA) is 63.2 Å². The number of benzene rings is 1. The summed E-state index contributed by atoms with van der Waals surface area (Å²) >= 11 is 0. The van der Waals surface area contributed by atoms with Crippen molar-refractivity contribution < 1.29 is 17.6 Å². The van der Waals surface area contributed by atoms with E-state index in [0.29, 0.717) is 0 Å². The smallest absolute Gasteiger partial charge is 0.261 e. The van der Waals surface area contributed by atoms with Crippen molar-refractivity contribution in [3.8, 4) is 0 Å². The van der Waals surface area contributed by atoms with Gasteiger partial charge in [-0.25, -0.2) is 12.8 Å². The molecule has 0 aliphatic heterocycles. The summed E-state index contributed by atoms with van der Waals surface area (Å²) < 4.78 is 36.1. The SMILES string of the molecule is Cc1c(C(=O)NC2CCC2)cc(F)cc1S(=O)(=O)Cl. The van der Waals surface area contributed by atoms with Crippen LogP contribution >= 0.6 is 10.7 Å². The minimum absolute atomic E-state index is 0.00567. The Morgan fingerprint density at radius 2 is 2.05 bits per heavy atom. The van der Waals surface area contributed by atoms with Crippen LogP contribution in [-0.4, -0.2) is 20.4 Å². The third-order valence-electron chi connectivity index (χ3n) is 3.27. The zero-order chi connectivity index (χ0) is 14.2. The van der Waals surface area contributed by atoms with Gasteiger partial charge in [-0.3, -0.25) is 4.79 Å². The van der Waals surface area contributed by atoms with Gasteiger partial charge in [0.1, 0.15) is 5.82 Å². The van der Waals surface area contributed by atoms with Gasteiger partial charge in [0.25, 0.3) is 15.0 Å². The summed E-state index contributed by atoms with van der Waals surface area (Å²) in [7, 11) is 1.15. The van der Waals surface area contributed by atoms with E-state index in [-0.39, 0.29) is 22.1 Å². The average molecular weight is 306 g/mol. The second-order valence-corrected chi connectivity index (χ2v) is 7.15. The lowest BCUT2D eigenvalue weighted by Gasteiger charge is -2.26. The molecule has 1 aromatic carbocycles. The van der Waals surface area contributed by atoms with E-state index in [2.05, 4.69) is 5.32 Å². The molecule has 0 saturated heterocycles. The average Bonchev–Trinajstić information content (AvgIpc) is 2.24. The Labute approximate surface area is 115 Å². The number of halogens is 2. The van der Waals surface area contributed by atoms with Crippen LogP contribution in [0.4, 0.5) is 4.39 Å². The van der Waals surface area contributed by atoms with Crippen LogP contribution in [0, 0.1) is 12.7 Å². The van der Waals surface area contributed by atoms with Gasteiger partial charge >= 0.3 is 0 Å². The molecule has 1 amide bonds. The molecular weight excluding hydrogens is 293 g/mol. The predicted octanol–water partition coefficient (Wildman–Crippen LogP) is 2.34.